The van der Waals surface area contributed by atoms with E-state index < -0.39 is 0 Å². The highest BCUT2D eigenvalue weighted by Crippen LogP contribution is 2.25. The van der Waals surface area contributed by atoms with Crippen LogP contribution in [0.4, 0.5) is 0 Å². The van der Waals surface area contributed by atoms with Gasteiger partial charge in [0.2, 0.25) is 5.89 Å². The molecule has 0 atom stereocenters. The van der Waals surface area contributed by atoms with Crippen molar-refractivity contribution in [1.29, 1.82) is 0 Å². The van der Waals surface area contributed by atoms with Gasteiger partial charge in [-0.2, -0.15) is 0 Å². The molecular weight excluding hydrogens is 202 g/mol. The van der Waals surface area contributed by atoms with E-state index in [9.17, 15) is 4.79 Å². The Bertz CT molecular complexity index is 567. The van der Waals surface area contributed by atoms with Gasteiger partial charge in [-0.15, -0.1) is 0 Å². The van der Waals surface area contributed by atoms with E-state index in [1.165, 1.54) is 0 Å². The van der Waals surface area contributed by atoms with Gasteiger partial charge in [0, 0.05) is 12.0 Å². The van der Waals surface area contributed by atoms with Crippen LogP contribution in [0, 0.1) is 0 Å². The molecule has 3 nitrogen and oxygen atoms in total. The monoisotopic (exact) mass is 211 g/mol. The molecule has 3 heteroatoms. The molecule has 0 saturated heterocycles. The lowest BCUT2D eigenvalue weighted by atomic mass is 10.1. The molecule has 3 rings (SSSR count). The number of oxazole rings is 1. The molecule has 0 radical (unpaired) electrons. The number of hydrogen-bond donors (Lipinski definition) is 0. The van der Waals surface area contributed by atoms with Gasteiger partial charge in [0.05, 0.1) is 0 Å². The molecule has 0 aliphatic heterocycles. The topological polar surface area (TPSA) is 43.1 Å². The SMILES string of the molecule is O=C1CC=Cc2oc(-c3ccccc3)nc21. The van der Waals surface area contributed by atoms with Crippen molar-refractivity contribution in [3.05, 3.63) is 47.9 Å². The number of hydrogen-bond acceptors (Lipinski definition) is 3. The molecule has 78 valence electrons. The molecule has 1 aliphatic carbocycles. The first-order valence-corrected chi connectivity index (χ1v) is 5.10. The molecule has 1 aromatic heterocycles. The Hall–Kier alpha value is -2.16. The van der Waals surface area contributed by atoms with Crippen LogP contribution in [-0.2, 0) is 0 Å². The highest BCUT2D eigenvalue weighted by molar-refractivity contribution is 6.00. The summed E-state index contributed by atoms with van der Waals surface area (Å²) >= 11 is 0. The average molecular weight is 211 g/mol. The molecule has 1 heterocycles. The third kappa shape index (κ3) is 1.37. The number of benzene rings is 1. The van der Waals surface area contributed by atoms with Crippen LogP contribution < -0.4 is 0 Å². The van der Waals surface area contributed by atoms with Crippen molar-refractivity contribution in [3.63, 3.8) is 0 Å². The molecule has 0 fully saturated rings. The first-order chi connectivity index (χ1) is 7.84. The van der Waals surface area contributed by atoms with Crippen molar-refractivity contribution in [2.24, 2.45) is 0 Å². The van der Waals surface area contributed by atoms with Crippen LogP contribution in [0.25, 0.3) is 17.5 Å². The minimum absolute atomic E-state index is 0.0171. The summed E-state index contributed by atoms with van der Waals surface area (Å²) in [6, 6.07) is 9.57. The predicted octanol–water partition coefficient (Wildman–Crippen LogP) is 2.94. The highest BCUT2D eigenvalue weighted by atomic mass is 16.4. The van der Waals surface area contributed by atoms with Crippen LogP contribution in [0.5, 0.6) is 0 Å². The summed E-state index contributed by atoms with van der Waals surface area (Å²) in [7, 11) is 0. The third-order valence-electron chi connectivity index (χ3n) is 2.51. The van der Waals surface area contributed by atoms with Gasteiger partial charge in [-0.05, 0) is 18.2 Å². The van der Waals surface area contributed by atoms with Gasteiger partial charge in [0.15, 0.2) is 17.2 Å². The zero-order valence-electron chi connectivity index (χ0n) is 8.51. The van der Waals surface area contributed by atoms with E-state index in [2.05, 4.69) is 4.98 Å². The average Bonchev–Trinajstić information content (AvgIpc) is 2.76. The second kappa shape index (κ2) is 3.45. The Morgan fingerprint density at radius 1 is 1.19 bits per heavy atom. The maximum absolute atomic E-state index is 11.6. The normalized spacial score (nSPS) is 13.9. The summed E-state index contributed by atoms with van der Waals surface area (Å²) < 4.78 is 5.54. The van der Waals surface area contributed by atoms with Gasteiger partial charge in [-0.3, -0.25) is 4.79 Å². The van der Waals surface area contributed by atoms with Crippen LogP contribution >= 0.6 is 0 Å². The zero-order chi connectivity index (χ0) is 11.0. The Morgan fingerprint density at radius 3 is 2.75 bits per heavy atom. The van der Waals surface area contributed by atoms with E-state index in [1.807, 2.05) is 30.3 Å². The van der Waals surface area contributed by atoms with Crippen molar-refractivity contribution in [1.82, 2.24) is 4.98 Å². The van der Waals surface area contributed by atoms with Crippen LogP contribution in [0.15, 0.2) is 40.8 Å². The number of fused-ring (bicyclic) bond motifs is 1. The number of carbonyl (C=O) groups is 1. The number of nitrogens with zero attached hydrogens (tertiary/aromatic N) is 1. The second-order valence-electron chi connectivity index (χ2n) is 3.63. The van der Waals surface area contributed by atoms with Gasteiger partial charge < -0.3 is 4.42 Å². The first kappa shape index (κ1) is 9.09. The third-order valence-corrected chi connectivity index (χ3v) is 2.51. The summed E-state index contributed by atoms with van der Waals surface area (Å²) in [6.07, 6.45) is 4.01. The smallest absolute Gasteiger partial charge is 0.227 e. The minimum atomic E-state index is 0.0171. The Balaban J connectivity index is 2.12. The molecule has 1 aliphatic rings. The van der Waals surface area contributed by atoms with E-state index in [0.717, 1.165) is 5.56 Å². The standard InChI is InChI=1S/C13H9NO2/c15-10-7-4-8-11-12(10)14-13(16-11)9-5-2-1-3-6-9/h1-6,8H,7H2. The minimum Gasteiger partial charge on any atom is -0.436 e. The molecule has 0 spiro atoms. The van der Waals surface area contributed by atoms with E-state index in [4.69, 9.17) is 4.42 Å². The maximum Gasteiger partial charge on any atom is 0.227 e. The van der Waals surface area contributed by atoms with E-state index in [-0.39, 0.29) is 5.78 Å². The number of allylic oxidation sites excluding steroid dienone is 1. The zero-order valence-corrected chi connectivity index (χ0v) is 8.51. The van der Waals surface area contributed by atoms with Crippen LogP contribution in [0.2, 0.25) is 0 Å². The largest absolute Gasteiger partial charge is 0.436 e. The quantitative estimate of drug-likeness (QED) is 0.728. The summed E-state index contributed by atoms with van der Waals surface area (Å²) in [6.45, 7) is 0. The fraction of sp³-hybridized carbons (Fsp3) is 0.0769. The number of aromatic nitrogens is 1. The molecule has 0 amide bonds. The van der Waals surface area contributed by atoms with Crippen LogP contribution in [-0.4, -0.2) is 10.8 Å². The van der Waals surface area contributed by atoms with Crippen molar-refractivity contribution >= 4 is 11.9 Å². The summed E-state index contributed by atoms with van der Waals surface area (Å²) in [5, 5.41) is 0. The number of carbonyl (C=O) groups excluding carboxylic acids is 1. The lowest BCUT2D eigenvalue weighted by molar-refractivity contribution is 0.0989. The van der Waals surface area contributed by atoms with Crippen LogP contribution in [0.3, 0.4) is 0 Å². The number of rotatable bonds is 1. The van der Waals surface area contributed by atoms with Crippen molar-refractivity contribution in [2.45, 2.75) is 6.42 Å². The fourth-order valence-corrected chi connectivity index (χ4v) is 1.72. The second-order valence-corrected chi connectivity index (χ2v) is 3.63. The molecule has 0 unspecified atom stereocenters. The molecule has 2 aromatic rings. The van der Waals surface area contributed by atoms with Gasteiger partial charge in [0.1, 0.15) is 0 Å². The highest BCUT2D eigenvalue weighted by Gasteiger charge is 2.20. The lowest BCUT2D eigenvalue weighted by Gasteiger charge is -1.97. The molecular formula is C13H9NO2. The van der Waals surface area contributed by atoms with E-state index in [0.29, 0.717) is 23.8 Å². The van der Waals surface area contributed by atoms with Gasteiger partial charge >= 0.3 is 0 Å². The fourth-order valence-electron chi connectivity index (χ4n) is 1.72. The Morgan fingerprint density at radius 2 is 2.00 bits per heavy atom. The Labute approximate surface area is 92.4 Å². The van der Waals surface area contributed by atoms with Crippen molar-refractivity contribution < 1.29 is 9.21 Å². The molecule has 0 saturated carbocycles. The molecule has 0 bridgehead atoms. The van der Waals surface area contributed by atoms with Crippen molar-refractivity contribution in [2.75, 3.05) is 0 Å². The summed E-state index contributed by atoms with van der Waals surface area (Å²) in [4.78, 5) is 15.8. The van der Waals surface area contributed by atoms with E-state index >= 15 is 0 Å². The van der Waals surface area contributed by atoms with Gasteiger partial charge in [-0.25, -0.2) is 4.98 Å². The first-order valence-electron chi connectivity index (χ1n) is 5.10. The van der Waals surface area contributed by atoms with Gasteiger partial charge in [-0.1, -0.05) is 24.3 Å². The number of ketones is 1. The molecule has 1 aromatic carbocycles. The molecule has 0 N–H and O–H groups in total. The van der Waals surface area contributed by atoms with E-state index in [1.54, 1.807) is 12.2 Å². The summed E-state index contributed by atoms with van der Waals surface area (Å²) in [5.74, 6) is 1.09. The summed E-state index contributed by atoms with van der Waals surface area (Å²) in [5.41, 5.74) is 1.33. The lowest BCUT2D eigenvalue weighted by Crippen LogP contribution is -2.02. The van der Waals surface area contributed by atoms with Crippen LogP contribution in [0.1, 0.15) is 22.7 Å². The molecule has 16 heavy (non-hydrogen) atoms. The van der Waals surface area contributed by atoms with Gasteiger partial charge in [0.25, 0.3) is 0 Å². The number of Topliss-reactive ketones (excluding diaryl/α,β-unsaturated/α-hetero) is 1. The maximum atomic E-state index is 11.6. The Kier molecular flexibility index (Phi) is 1.96. The predicted molar refractivity (Wildman–Crippen MR) is 59.9 cm³/mol. The van der Waals surface area contributed by atoms with Crippen molar-refractivity contribution in [3.8, 4) is 11.5 Å².